The summed E-state index contributed by atoms with van der Waals surface area (Å²) in [5.41, 5.74) is 1.80. The van der Waals surface area contributed by atoms with Crippen molar-refractivity contribution >= 4 is 5.69 Å². The molecule has 1 fully saturated rings. The van der Waals surface area contributed by atoms with E-state index < -0.39 is 0 Å². The Morgan fingerprint density at radius 2 is 2.25 bits per heavy atom. The van der Waals surface area contributed by atoms with E-state index in [4.69, 9.17) is 4.74 Å². The van der Waals surface area contributed by atoms with Crippen molar-refractivity contribution < 1.29 is 9.13 Å². The van der Waals surface area contributed by atoms with Crippen molar-refractivity contribution in [1.82, 2.24) is 5.32 Å². The Morgan fingerprint density at radius 1 is 1.40 bits per heavy atom. The molecule has 20 heavy (non-hydrogen) atoms. The van der Waals surface area contributed by atoms with Gasteiger partial charge in [-0.15, -0.1) is 0 Å². The highest BCUT2D eigenvalue weighted by atomic mass is 19.1. The van der Waals surface area contributed by atoms with Crippen LogP contribution in [0.1, 0.15) is 32.3 Å². The zero-order chi connectivity index (χ0) is 14.4. The number of rotatable bonds is 6. The van der Waals surface area contributed by atoms with Gasteiger partial charge in [-0.25, -0.2) is 4.39 Å². The maximum absolute atomic E-state index is 14.2. The summed E-state index contributed by atoms with van der Waals surface area (Å²) >= 11 is 0. The van der Waals surface area contributed by atoms with Gasteiger partial charge in [0.15, 0.2) is 0 Å². The van der Waals surface area contributed by atoms with Crippen LogP contribution in [0.15, 0.2) is 18.2 Å². The van der Waals surface area contributed by atoms with Crippen molar-refractivity contribution in [2.75, 3.05) is 31.2 Å². The molecular weight excluding hydrogens is 255 g/mol. The lowest BCUT2D eigenvalue weighted by Crippen LogP contribution is -2.45. The maximum Gasteiger partial charge on any atom is 0.129 e. The normalized spacial score (nSPS) is 19.4. The highest BCUT2D eigenvalue weighted by molar-refractivity contribution is 5.55. The lowest BCUT2D eigenvalue weighted by molar-refractivity contribution is 0.0928. The number of benzene rings is 1. The van der Waals surface area contributed by atoms with Crippen LogP contribution in [-0.2, 0) is 11.3 Å². The highest BCUT2D eigenvalue weighted by Crippen LogP contribution is 2.27. The molecule has 0 spiro atoms. The van der Waals surface area contributed by atoms with Gasteiger partial charge in [-0.05, 0) is 31.5 Å². The van der Waals surface area contributed by atoms with E-state index in [-0.39, 0.29) is 5.82 Å². The Balaban J connectivity index is 2.22. The predicted octanol–water partition coefficient (Wildman–Crippen LogP) is 2.94. The standard InChI is InChI=1S/C16H25FN2O/c1-3-8-18-11-14-15(17)6-5-7-16(14)19-9-10-20-12-13(19)4-2/h5-7,13,18H,3-4,8-12H2,1-2H3. The molecule has 1 saturated heterocycles. The molecule has 0 radical (unpaired) electrons. The van der Waals surface area contributed by atoms with Crippen LogP contribution in [0.2, 0.25) is 0 Å². The van der Waals surface area contributed by atoms with Crippen LogP contribution in [-0.4, -0.2) is 32.3 Å². The van der Waals surface area contributed by atoms with Crippen LogP contribution >= 0.6 is 0 Å². The van der Waals surface area contributed by atoms with Gasteiger partial charge in [-0.3, -0.25) is 0 Å². The van der Waals surface area contributed by atoms with E-state index in [1.165, 1.54) is 0 Å². The SMILES string of the molecule is CCCNCc1c(F)cccc1N1CCOCC1CC. The van der Waals surface area contributed by atoms with E-state index in [0.717, 1.165) is 50.4 Å². The second-order valence-corrected chi connectivity index (χ2v) is 5.24. The van der Waals surface area contributed by atoms with Gasteiger partial charge in [0, 0.05) is 24.3 Å². The fourth-order valence-electron chi connectivity index (χ4n) is 2.69. The van der Waals surface area contributed by atoms with Crippen molar-refractivity contribution in [3.63, 3.8) is 0 Å². The minimum atomic E-state index is -0.118. The molecule has 1 atom stereocenters. The van der Waals surface area contributed by atoms with Gasteiger partial charge in [0.05, 0.1) is 19.3 Å². The Morgan fingerprint density at radius 3 is 3.00 bits per heavy atom. The molecule has 0 aromatic heterocycles. The van der Waals surface area contributed by atoms with E-state index in [1.54, 1.807) is 12.1 Å². The number of halogens is 1. The number of hydrogen-bond acceptors (Lipinski definition) is 3. The van der Waals surface area contributed by atoms with Crippen LogP contribution in [0, 0.1) is 5.82 Å². The Bertz CT molecular complexity index is 425. The van der Waals surface area contributed by atoms with Gasteiger partial charge in [0.2, 0.25) is 0 Å². The number of hydrogen-bond donors (Lipinski definition) is 1. The third-order valence-corrected chi connectivity index (χ3v) is 3.83. The van der Waals surface area contributed by atoms with Crippen LogP contribution in [0.25, 0.3) is 0 Å². The first-order valence-corrected chi connectivity index (χ1v) is 7.60. The van der Waals surface area contributed by atoms with Gasteiger partial charge in [0.25, 0.3) is 0 Å². The van der Waals surface area contributed by atoms with Crippen LogP contribution in [0.3, 0.4) is 0 Å². The van der Waals surface area contributed by atoms with Crippen molar-refractivity contribution in [2.24, 2.45) is 0 Å². The molecule has 1 unspecified atom stereocenters. The summed E-state index contributed by atoms with van der Waals surface area (Å²) in [6.45, 7) is 8.05. The van der Waals surface area contributed by atoms with Gasteiger partial charge in [0.1, 0.15) is 5.82 Å². The maximum atomic E-state index is 14.2. The molecule has 1 aliphatic rings. The molecule has 1 aliphatic heterocycles. The number of anilines is 1. The zero-order valence-corrected chi connectivity index (χ0v) is 12.5. The molecule has 1 aromatic rings. The molecule has 0 bridgehead atoms. The first-order chi connectivity index (χ1) is 9.77. The Labute approximate surface area is 121 Å². The fourth-order valence-corrected chi connectivity index (χ4v) is 2.69. The smallest absolute Gasteiger partial charge is 0.129 e. The molecule has 2 rings (SSSR count). The summed E-state index contributed by atoms with van der Waals surface area (Å²) in [5, 5.41) is 3.31. The molecule has 1 aromatic carbocycles. The summed E-state index contributed by atoms with van der Waals surface area (Å²) in [6.07, 6.45) is 2.07. The first-order valence-electron chi connectivity index (χ1n) is 7.60. The topological polar surface area (TPSA) is 24.5 Å². The second kappa shape index (κ2) is 7.60. The largest absolute Gasteiger partial charge is 0.377 e. The van der Waals surface area contributed by atoms with E-state index >= 15 is 0 Å². The van der Waals surface area contributed by atoms with Gasteiger partial charge >= 0.3 is 0 Å². The quantitative estimate of drug-likeness (QED) is 0.811. The summed E-state index contributed by atoms with van der Waals surface area (Å²) in [4.78, 5) is 2.30. The Kier molecular flexibility index (Phi) is 5.80. The highest BCUT2D eigenvalue weighted by Gasteiger charge is 2.24. The van der Waals surface area contributed by atoms with E-state index in [2.05, 4.69) is 24.1 Å². The summed E-state index contributed by atoms with van der Waals surface area (Å²) in [7, 11) is 0. The molecule has 1 heterocycles. The third-order valence-electron chi connectivity index (χ3n) is 3.83. The monoisotopic (exact) mass is 280 g/mol. The van der Waals surface area contributed by atoms with Gasteiger partial charge < -0.3 is 15.0 Å². The summed E-state index contributed by atoms with van der Waals surface area (Å²) < 4.78 is 19.7. The molecule has 0 saturated carbocycles. The van der Waals surface area contributed by atoms with Crippen molar-refractivity contribution in [3.05, 3.63) is 29.6 Å². The third kappa shape index (κ3) is 3.49. The number of morpholine rings is 1. The molecule has 0 aliphatic carbocycles. The van der Waals surface area contributed by atoms with Crippen molar-refractivity contribution in [3.8, 4) is 0 Å². The lowest BCUT2D eigenvalue weighted by Gasteiger charge is -2.38. The average molecular weight is 280 g/mol. The van der Waals surface area contributed by atoms with Gasteiger partial charge in [-0.2, -0.15) is 0 Å². The minimum absolute atomic E-state index is 0.118. The second-order valence-electron chi connectivity index (χ2n) is 5.24. The zero-order valence-electron chi connectivity index (χ0n) is 12.5. The lowest BCUT2D eigenvalue weighted by atomic mass is 10.1. The average Bonchev–Trinajstić information content (AvgIpc) is 2.49. The number of nitrogens with one attached hydrogen (secondary N) is 1. The first kappa shape index (κ1) is 15.3. The summed E-state index contributed by atoms with van der Waals surface area (Å²) in [6, 6.07) is 5.72. The molecule has 0 amide bonds. The molecule has 3 nitrogen and oxygen atoms in total. The van der Waals surface area contributed by atoms with E-state index in [1.807, 2.05) is 6.07 Å². The minimum Gasteiger partial charge on any atom is -0.377 e. The van der Waals surface area contributed by atoms with Crippen molar-refractivity contribution in [1.29, 1.82) is 0 Å². The number of nitrogens with zero attached hydrogens (tertiary/aromatic N) is 1. The summed E-state index contributed by atoms with van der Waals surface area (Å²) in [5.74, 6) is -0.118. The van der Waals surface area contributed by atoms with Crippen LogP contribution < -0.4 is 10.2 Å². The predicted molar refractivity (Wildman–Crippen MR) is 80.6 cm³/mol. The molecular formula is C16H25FN2O. The van der Waals surface area contributed by atoms with E-state index in [0.29, 0.717) is 12.6 Å². The molecule has 1 N–H and O–H groups in total. The van der Waals surface area contributed by atoms with E-state index in [9.17, 15) is 4.39 Å². The van der Waals surface area contributed by atoms with Gasteiger partial charge in [-0.1, -0.05) is 19.9 Å². The fraction of sp³-hybridized carbons (Fsp3) is 0.625. The molecule has 112 valence electrons. The molecule has 4 heteroatoms. The van der Waals surface area contributed by atoms with Crippen LogP contribution in [0.5, 0.6) is 0 Å². The number of ether oxygens (including phenoxy) is 1. The van der Waals surface area contributed by atoms with Crippen LogP contribution in [0.4, 0.5) is 10.1 Å². The van der Waals surface area contributed by atoms with Crippen molar-refractivity contribution in [2.45, 2.75) is 39.3 Å². The Hall–Kier alpha value is -1.13.